The summed E-state index contributed by atoms with van der Waals surface area (Å²) in [4.78, 5) is 27.1. The van der Waals surface area contributed by atoms with Gasteiger partial charge in [-0.25, -0.2) is 0 Å². The number of rotatable bonds is 4. The third kappa shape index (κ3) is 3.45. The maximum atomic E-state index is 12.9. The molecule has 3 heterocycles. The highest BCUT2D eigenvalue weighted by Crippen LogP contribution is 2.37. The molecule has 0 aliphatic carbocycles. The van der Waals surface area contributed by atoms with Crippen LogP contribution in [0.4, 0.5) is 11.4 Å². The summed E-state index contributed by atoms with van der Waals surface area (Å²) in [5.41, 5.74) is 3.06. The third-order valence-corrected chi connectivity index (χ3v) is 5.49. The number of fused-ring (bicyclic) bond motifs is 1. The van der Waals surface area contributed by atoms with E-state index < -0.39 is 5.92 Å². The number of hydrogen-bond donors (Lipinski definition) is 1. The normalized spacial score (nSPS) is 17.3. The number of carbonyl (C=O) groups excluding carboxylic acids is 2. The van der Waals surface area contributed by atoms with E-state index in [9.17, 15) is 9.59 Å². The fourth-order valence-corrected chi connectivity index (χ4v) is 3.80. The average Bonchev–Trinajstić information content (AvgIpc) is 3.48. The Kier molecular flexibility index (Phi) is 4.54. The van der Waals surface area contributed by atoms with Gasteiger partial charge in [0.25, 0.3) is 0 Å². The third-order valence-electron chi connectivity index (χ3n) is 5.49. The number of nitrogens with zero attached hydrogens (tertiary/aromatic N) is 5. The van der Waals surface area contributed by atoms with Gasteiger partial charge < -0.3 is 19.7 Å². The van der Waals surface area contributed by atoms with E-state index in [0.717, 1.165) is 11.3 Å². The molecule has 0 spiro atoms. The summed E-state index contributed by atoms with van der Waals surface area (Å²) in [5.74, 6) is 1.12. The number of hydrogen-bond acceptors (Lipinski definition) is 7. The molecular weight excluding hydrogens is 400 g/mol. The van der Waals surface area contributed by atoms with Crippen molar-refractivity contribution in [3.63, 3.8) is 0 Å². The topological polar surface area (TPSA) is 111 Å². The van der Waals surface area contributed by atoms with E-state index in [-0.39, 0.29) is 25.0 Å². The number of tetrazole rings is 1. The lowest BCUT2D eigenvalue weighted by molar-refractivity contribution is -0.122. The molecule has 2 aliphatic rings. The minimum absolute atomic E-state index is 0.104. The Bertz CT molecular complexity index is 1190. The summed E-state index contributed by atoms with van der Waals surface area (Å²) >= 11 is 0. The molecule has 1 atom stereocenters. The fourth-order valence-electron chi connectivity index (χ4n) is 3.80. The molecule has 158 valence electrons. The van der Waals surface area contributed by atoms with Crippen LogP contribution in [-0.4, -0.2) is 45.4 Å². The minimum atomic E-state index is -0.461. The van der Waals surface area contributed by atoms with Crippen LogP contribution < -0.4 is 19.7 Å². The van der Waals surface area contributed by atoms with Crippen LogP contribution in [0.2, 0.25) is 0 Å². The van der Waals surface area contributed by atoms with Gasteiger partial charge in [-0.3, -0.25) is 9.59 Å². The second-order valence-corrected chi connectivity index (χ2v) is 7.57. The zero-order valence-electron chi connectivity index (χ0n) is 17.0. The lowest BCUT2D eigenvalue weighted by Gasteiger charge is -2.17. The SMILES string of the molecule is Cc1ccc(NC(=O)C2CC(=O)N(c3ccc4c(c3)OCO4)C2)cc1-n1nnnc1C. The molecule has 1 unspecified atom stereocenters. The number of aryl methyl sites for hydroxylation is 2. The number of anilines is 2. The Morgan fingerprint density at radius 2 is 1.97 bits per heavy atom. The van der Waals surface area contributed by atoms with Crippen LogP contribution in [0.1, 0.15) is 17.8 Å². The van der Waals surface area contributed by atoms with Crippen LogP contribution in [-0.2, 0) is 9.59 Å². The quantitative estimate of drug-likeness (QED) is 0.687. The maximum absolute atomic E-state index is 12.9. The van der Waals surface area contributed by atoms with Gasteiger partial charge in [0.15, 0.2) is 17.3 Å². The number of carbonyl (C=O) groups is 2. The Hall–Kier alpha value is -3.95. The van der Waals surface area contributed by atoms with Crippen LogP contribution in [0.25, 0.3) is 5.69 Å². The number of ether oxygens (including phenoxy) is 2. The lowest BCUT2D eigenvalue weighted by atomic mass is 10.1. The van der Waals surface area contributed by atoms with Gasteiger partial charge in [-0.15, -0.1) is 5.10 Å². The number of aromatic nitrogens is 4. The molecule has 1 N–H and O–H groups in total. The first kappa shape index (κ1) is 19.0. The van der Waals surface area contributed by atoms with E-state index in [2.05, 4.69) is 20.8 Å². The predicted molar refractivity (Wildman–Crippen MR) is 110 cm³/mol. The molecule has 1 fully saturated rings. The largest absolute Gasteiger partial charge is 0.454 e. The van der Waals surface area contributed by atoms with Crippen LogP contribution >= 0.6 is 0 Å². The van der Waals surface area contributed by atoms with Gasteiger partial charge in [0.1, 0.15) is 0 Å². The molecule has 0 saturated carbocycles. The molecule has 10 nitrogen and oxygen atoms in total. The van der Waals surface area contributed by atoms with Crippen molar-refractivity contribution in [2.24, 2.45) is 5.92 Å². The first-order chi connectivity index (χ1) is 15.0. The highest BCUT2D eigenvalue weighted by atomic mass is 16.7. The summed E-state index contributed by atoms with van der Waals surface area (Å²) in [7, 11) is 0. The van der Waals surface area contributed by atoms with E-state index in [4.69, 9.17) is 9.47 Å². The second-order valence-electron chi connectivity index (χ2n) is 7.57. The molecule has 2 aliphatic heterocycles. The van der Waals surface area contributed by atoms with Crippen LogP contribution in [0.5, 0.6) is 11.5 Å². The van der Waals surface area contributed by atoms with E-state index in [0.29, 0.717) is 35.2 Å². The van der Waals surface area contributed by atoms with E-state index in [1.807, 2.05) is 25.1 Å². The summed E-state index contributed by atoms with van der Waals surface area (Å²) in [6.07, 6.45) is 0.144. The average molecular weight is 420 g/mol. The summed E-state index contributed by atoms with van der Waals surface area (Å²) in [6.45, 7) is 4.22. The van der Waals surface area contributed by atoms with Gasteiger partial charge in [-0.1, -0.05) is 6.07 Å². The first-order valence-electron chi connectivity index (χ1n) is 9.86. The molecule has 2 amide bonds. The van der Waals surface area contributed by atoms with Crippen molar-refractivity contribution in [1.29, 1.82) is 0 Å². The van der Waals surface area contributed by atoms with Crippen molar-refractivity contribution in [1.82, 2.24) is 20.2 Å². The smallest absolute Gasteiger partial charge is 0.231 e. The van der Waals surface area contributed by atoms with Crippen LogP contribution in [0.3, 0.4) is 0 Å². The fraction of sp³-hybridized carbons (Fsp3) is 0.286. The van der Waals surface area contributed by atoms with Crippen molar-refractivity contribution in [2.45, 2.75) is 20.3 Å². The monoisotopic (exact) mass is 420 g/mol. The van der Waals surface area contributed by atoms with Crippen LogP contribution in [0.15, 0.2) is 36.4 Å². The van der Waals surface area contributed by atoms with Gasteiger partial charge in [-0.2, -0.15) is 4.68 Å². The van der Waals surface area contributed by atoms with Crippen molar-refractivity contribution in [3.8, 4) is 17.2 Å². The van der Waals surface area contributed by atoms with Crippen LogP contribution in [0, 0.1) is 19.8 Å². The van der Waals surface area contributed by atoms with Crippen molar-refractivity contribution in [2.75, 3.05) is 23.6 Å². The zero-order valence-corrected chi connectivity index (χ0v) is 17.0. The number of nitrogens with one attached hydrogen (secondary N) is 1. The number of amides is 2. The van der Waals surface area contributed by atoms with Crippen molar-refractivity contribution >= 4 is 23.2 Å². The summed E-state index contributed by atoms with van der Waals surface area (Å²) in [5, 5.41) is 14.5. The van der Waals surface area contributed by atoms with Crippen molar-refractivity contribution in [3.05, 3.63) is 47.8 Å². The predicted octanol–water partition coefficient (Wildman–Crippen LogP) is 2.00. The Morgan fingerprint density at radius 3 is 2.77 bits per heavy atom. The number of benzene rings is 2. The molecule has 1 saturated heterocycles. The molecule has 10 heteroatoms. The first-order valence-corrected chi connectivity index (χ1v) is 9.86. The molecule has 5 rings (SSSR count). The molecular formula is C21H20N6O4. The highest BCUT2D eigenvalue weighted by Gasteiger charge is 2.35. The van der Waals surface area contributed by atoms with E-state index in [1.165, 1.54) is 0 Å². The van der Waals surface area contributed by atoms with Gasteiger partial charge in [0.2, 0.25) is 18.6 Å². The Labute approximate surface area is 177 Å². The minimum Gasteiger partial charge on any atom is -0.454 e. The summed E-state index contributed by atoms with van der Waals surface area (Å²) < 4.78 is 12.3. The van der Waals surface area contributed by atoms with Gasteiger partial charge in [0, 0.05) is 30.4 Å². The molecule has 0 bridgehead atoms. The standard InChI is InChI=1S/C21H20N6O4/c1-12-3-4-15(8-17(12)27-13(2)23-24-25-27)22-21(29)14-7-20(28)26(10-14)16-5-6-18-19(9-16)31-11-30-18/h3-6,8-9,14H,7,10-11H2,1-2H3,(H,22,29). The molecule has 0 radical (unpaired) electrons. The van der Waals surface area contributed by atoms with Crippen molar-refractivity contribution < 1.29 is 19.1 Å². The zero-order chi connectivity index (χ0) is 21.5. The Balaban J connectivity index is 1.31. The highest BCUT2D eigenvalue weighted by molar-refractivity contribution is 6.03. The van der Waals surface area contributed by atoms with E-state index >= 15 is 0 Å². The molecule has 2 aromatic carbocycles. The Morgan fingerprint density at radius 1 is 1.13 bits per heavy atom. The maximum Gasteiger partial charge on any atom is 0.231 e. The summed E-state index contributed by atoms with van der Waals surface area (Å²) in [6, 6.07) is 10.9. The van der Waals surface area contributed by atoms with Gasteiger partial charge in [-0.05, 0) is 54.1 Å². The van der Waals surface area contributed by atoms with E-state index in [1.54, 1.807) is 34.7 Å². The second kappa shape index (κ2) is 7.38. The lowest BCUT2D eigenvalue weighted by Crippen LogP contribution is -2.28. The molecule has 1 aromatic heterocycles. The molecule has 3 aromatic rings. The van der Waals surface area contributed by atoms with Gasteiger partial charge >= 0.3 is 0 Å². The molecule has 31 heavy (non-hydrogen) atoms. The van der Waals surface area contributed by atoms with Gasteiger partial charge in [0.05, 0.1) is 11.6 Å².